The van der Waals surface area contributed by atoms with Crippen LogP contribution in [-0.2, 0) is 0 Å². The Morgan fingerprint density at radius 1 is 1.38 bits per heavy atom. The van der Waals surface area contributed by atoms with Crippen LogP contribution < -0.4 is 5.32 Å². The fourth-order valence-corrected chi connectivity index (χ4v) is 1.69. The Kier molecular flexibility index (Phi) is 5.39. The Morgan fingerprint density at radius 3 is 2.62 bits per heavy atom. The van der Waals surface area contributed by atoms with Gasteiger partial charge in [-0.1, -0.05) is 20.8 Å². The molecular formula is C13H21FN2. The van der Waals surface area contributed by atoms with Gasteiger partial charge in [0.1, 0.15) is 5.82 Å². The third-order valence-corrected chi connectivity index (χ3v) is 2.46. The maximum Gasteiger partial charge on any atom is 0.141 e. The summed E-state index contributed by atoms with van der Waals surface area (Å²) in [6, 6.07) is 3.48. The molecule has 1 rings (SSSR count). The predicted molar refractivity (Wildman–Crippen MR) is 64.7 cm³/mol. The van der Waals surface area contributed by atoms with Gasteiger partial charge in [0, 0.05) is 6.04 Å². The molecule has 3 heteroatoms. The molecule has 2 nitrogen and oxygen atoms in total. The summed E-state index contributed by atoms with van der Waals surface area (Å²) < 4.78 is 12.8. The molecule has 0 saturated carbocycles. The molecule has 1 heterocycles. The second kappa shape index (κ2) is 6.59. The summed E-state index contributed by atoms with van der Waals surface area (Å²) in [6.07, 6.45) is 3.41. The standard InChI is InChI=1S/C13H21FN2/c1-4-7-15-13(8-10(2)3)12-6-5-11(14)9-16-12/h5-6,9-10,13,15H,4,7-8H2,1-3H3. The molecule has 0 aliphatic heterocycles. The van der Waals surface area contributed by atoms with Gasteiger partial charge in [-0.25, -0.2) is 4.39 Å². The van der Waals surface area contributed by atoms with Gasteiger partial charge >= 0.3 is 0 Å². The SMILES string of the molecule is CCCNC(CC(C)C)c1ccc(F)cn1. The van der Waals surface area contributed by atoms with Gasteiger partial charge in [0.2, 0.25) is 0 Å². The topological polar surface area (TPSA) is 24.9 Å². The molecule has 1 aromatic heterocycles. The van der Waals surface area contributed by atoms with Crippen LogP contribution in [0.5, 0.6) is 0 Å². The Morgan fingerprint density at radius 2 is 2.12 bits per heavy atom. The molecule has 0 aliphatic carbocycles. The fraction of sp³-hybridized carbons (Fsp3) is 0.615. The zero-order chi connectivity index (χ0) is 12.0. The van der Waals surface area contributed by atoms with Gasteiger partial charge in [0.05, 0.1) is 11.9 Å². The van der Waals surface area contributed by atoms with Crippen LogP contribution in [0.15, 0.2) is 18.3 Å². The number of nitrogens with one attached hydrogen (secondary N) is 1. The first kappa shape index (κ1) is 13.1. The van der Waals surface area contributed by atoms with Crippen LogP contribution in [-0.4, -0.2) is 11.5 Å². The van der Waals surface area contributed by atoms with Gasteiger partial charge in [-0.2, -0.15) is 0 Å². The van der Waals surface area contributed by atoms with Gasteiger partial charge in [0.25, 0.3) is 0 Å². The van der Waals surface area contributed by atoms with E-state index in [0.29, 0.717) is 5.92 Å². The van der Waals surface area contributed by atoms with Crippen LogP contribution in [0.4, 0.5) is 4.39 Å². The summed E-state index contributed by atoms with van der Waals surface area (Å²) in [5.74, 6) is 0.323. The zero-order valence-electron chi connectivity index (χ0n) is 10.3. The summed E-state index contributed by atoms with van der Waals surface area (Å²) in [5.41, 5.74) is 0.934. The molecule has 1 aromatic rings. The minimum Gasteiger partial charge on any atom is -0.309 e. The summed E-state index contributed by atoms with van der Waals surface area (Å²) >= 11 is 0. The number of rotatable bonds is 6. The molecule has 0 aliphatic rings. The van der Waals surface area contributed by atoms with E-state index in [1.165, 1.54) is 12.3 Å². The Bertz CT molecular complexity index is 295. The first-order valence-corrected chi connectivity index (χ1v) is 5.98. The minimum absolute atomic E-state index is 0.237. The number of hydrogen-bond acceptors (Lipinski definition) is 2. The van der Waals surface area contributed by atoms with Gasteiger partial charge in [-0.05, 0) is 37.4 Å². The van der Waals surface area contributed by atoms with Crippen molar-refractivity contribution in [2.45, 2.75) is 39.7 Å². The van der Waals surface area contributed by atoms with E-state index >= 15 is 0 Å². The quantitative estimate of drug-likeness (QED) is 0.802. The van der Waals surface area contributed by atoms with E-state index in [1.54, 1.807) is 6.07 Å². The van der Waals surface area contributed by atoms with E-state index in [4.69, 9.17) is 0 Å². The monoisotopic (exact) mass is 224 g/mol. The maximum absolute atomic E-state index is 12.8. The molecule has 0 bridgehead atoms. The predicted octanol–water partition coefficient (Wildman–Crippen LogP) is 3.31. The summed E-state index contributed by atoms with van der Waals surface area (Å²) in [7, 11) is 0. The van der Waals surface area contributed by atoms with E-state index in [9.17, 15) is 4.39 Å². The molecule has 0 amide bonds. The van der Waals surface area contributed by atoms with E-state index in [0.717, 1.165) is 25.1 Å². The van der Waals surface area contributed by atoms with Crippen molar-refractivity contribution in [3.05, 3.63) is 29.8 Å². The van der Waals surface area contributed by atoms with E-state index in [2.05, 4.69) is 31.1 Å². The van der Waals surface area contributed by atoms with Crippen LogP contribution in [0.3, 0.4) is 0 Å². The van der Waals surface area contributed by atoms with Crippen molar-refractivity contribution in [2.75, 3.05) is 6.54 Å². The molecule has 1 atom stereocenters. The van der Waals surface area contributed by atoms with E-state index in [1.807, 2.05) is 0 Å². The van der Waals surface area contributed by atoms with Crippen molar-refractivity contribution in [2.24, 2.45) is 5.92 Å². The van der Waals surface area contributed by atoms with Crippen molar-refractivity contribution < 1.29 is 4.39 Å². The third kappa shape index (κ3) is 4.27. The smallest absolute Gasteiger partial charge is 0.141 e. The number of nitrogens with zero attached hydrogens (tertiary/aromatic N) is 1. The molecule has 0 fully saturated rings. The summed E-state index contributed by atoms with van der Waals surface area (Å²) in [4.78, 5) is 4.15. The highest BCUT2D eigenvalue weighted by atomic mass is 19.1. The van der Waals surface area contributed by atoms with Gasteiger partial charge < -0.3 is 5.32 Å². The highest BCUT2D eigenvalue weighted by molar-refractivity contribution is 5.10. The van der Waals surface area contributed by atoms with Crippen molar-refractivity contribution in [1.29, 1.82) is 0 Å². The van der Waals surface area contributed by atoms with Crippen molar-refractivity contribution in [1.82, 2.24) is 10.3 Å². The van der Waals surface area contributed by atoms with Crippen LogP contribution in [0.1, 0.15) is 45.3 Å². The van der Waals surface area contributed by atoms with E-state index < -0.39 is 0 Å². The molecule has 1 N–H and O–H groups in total. The largest absolute Gasteiger partial charge is 0.309 e. The van der Waals surface area contributed by atoms with Crippen LogP contribution in [0, 0.1) is 11.7 Å². The Hall–Kier alpha value is -0.960. The zero-order valence-corrected chi connectivity index (χ0v) is 10.3. The first-order valence-electron chi connectivity index (χ1n) is 5.98. The van der Waals surface area contributed by atoms with Gasteiger partial charge in [-0.3, -0.25) is 4.98 Å². The Balaban J connectivity index is 2.70. The van der Waals surface area contributed by atoms with E-state index in [-0.39, 0.29) is 11.9 Å². The average Bonchev–Trinajstić information content (AvgIpc) is 2.25. The lowest BCUT2D eigenvalue weighted by molar-refractivity contribution is 0.422. The number of pyridine rings is 1. The highest BCUT2D eigenvalue weighted by Crippen LogP contribution is 2.19. The molecule has 90 valence electrons. The lowest BCUT2D eigenvalue weighted by Crippen LogP contribution is -2.24. The van der Waals surface area contributed by atoms with Crippen LogP contribution >= 0.6 is 0 Å². The summed E-state index contributed by atoms with van der Waals surface area (Å²) in [5, 5.41) is 3.45. The average molecular weight is 224 g/mol. The molecule has 0 aromatic carbocycles. The van der Waals surface area contributed by atoms with Gasteiger partial charge in [-0.15, -0.1) is 0 Å². The molecular weight excluding hydrogens is 203 g/mol. The minimum atomic E-state index is -0.275. The van der Waals surface area contributed by atoms with Crippen LogP contribution in [0.2, 0.25) is 0 Å². The molecule has 0 radical (unpaired) electrons. The normalized spacial score (nSPS) is 13.1. The summed E-state index contributed by atoms with van der Waals surface area (Å²) in [6.45, 7) is 7.47. The second-order valence-corrected chi connectivity index (χ2v) is 4.54. The number of aromatic nitrogens is 1. The maximum atomic E-state index is 12.8. The van der Waals surface area contributed by atoms with Crippen LogP contribution in [0.25, 0.3) is 0 Å². The first-order chi connectivity index (χ1) is 7.63. The number of halogens is 1. The van der Waals surface area contributed by atoms with Crippen molar-refractivity contribution >= 4 is 0 Å². The number of hydrogen-bond donors (Lipinski definition) is 1. The molecule has 0 saturated heterocycles. The molecule has 0 spiro atoms. The third-order valence-electron chi connectivity index (χ3n) is 2.46. The fourth-order valence-electron chi connectivity index (χ4n) is 1.69. The van der Waals surface area contributed by atoms with Gasteiger partial charge in [0.15, 0.2) is 0 Å². The lowest BCUT2D eigenvalue weighted by Gasteiger charge is -2.19. The Labute approximate surface area is 97.3 Å². The highest BCUT2D eigenvalue weighted by Gasteiger charge is 2.13. The molecule has 1 unspecified atom stereocenters. The van der Waals surface area contributed by atoms with Crippen molar-refractivity contribution in [3.63, 3.8) is 0 Å². The lowest BCUT2D eigenvalue weighted by atomic mass is 10.0. The second-order valence-electron chi connectivity index (χ2n) is 4.54. The van der Waals surface area contributed by atoms with Crippen molar-refractivity contribution in [3.8, 4) is 0 Å². The molecule has 16 heavy (non-hydrogen) atoms.